The summed E-state index contributed by atoms with van der Waals surface area (Å²) >= 11 is 0. The van der Waals surface area contributed by atoms with E-state index in [1.54, 1.807) is 24.4 Å². The molecule has 2 aromatic carbocycles. The predicted molar refractivity (Wildman–Crippen MR) is 104 cm³/mol. The second-order valence-electron chi connectivity index (χ2n) is 6.96. The smallest absolute Gasteiger partial charge is 0.336 e. The molecule has 0 amide bonds. The molecule has 26 heavy (non-hydrogen) atoms. The first kappa shape index (κ1) is 16.6. The Morgan fingerprint density at radius 3 is 2.50 bits per heavy atom. The van der Waals surface area contributed by atoms with Crippen molar-refractivity contribution in [2.45, 2.75) is 19.3 Å². The van der Waals surface area contributed by atoms with Gasteiger partial charge in [-0.05, 0) is 42.9 Å². The number of benzene rings is 2. The first-order valence-electron chi connectivity index (χ1n) is 9.12. The van der Waals surface area contributed by atoms with Gasteiger partial charge >= 0.3 is 5.97 Å². The van der Waals surface area contributed by atoms with E-state index in [1.165, 1.54) is 5.56 Å². The number of aromatic carboxylic acids is 1. The van der Waals surface area contributed by atoms with E-state index in [0.717, 1.165) is 48.9 Å². The average molecular weight is 346 g/mol. The Bertz CT molecular complexity index is 916. The molecule has 0 atom stereocenters. The Morgan fingerprint density at radius 1 is 1.00 bits per heavy atom. The monoisotopic (exact) mass is 346 g/mol. The number of nitrogens with zero attached hydrogens (tertiary/aromatic N) is 2. The highest BCUT2D eigenvalue weighted by molar-refractivity contribution is 6.06. The normalized spacial score (nSPS) is 15.3. The van der Waals surface area contributed by atoms with E-state index in [9.17, 15) is 9.90 Å². The van der Waals surface area contributed by atoms with Gasteiger partial charge in [0.25, 0.3) is 0 Å². The molecule has 132 valence electrons. The van der Waals surface area contributed by atoms with E-state index in [1.807, 2.05) is 6.07 Å². The summed E-state index contributed by atoms with van der Waals surface area (Å²) in [6.45, 7) is 1.92. The summed E-state index contributed by atoms with van der Waals surface area (Å²) in [5, 5.41) is 11.1. The predicted octanol–water partition coefficient (Wildman–Crippen LogP) is 4.39. The van der Waals surface area contributed by atoms with Gasteiger partial charge in [0.1, 0.15) is 5.82 Å². The fourth-order valence-electron chi connectivity index (χ4n) is 3.93. The molecule has 4 nitrogen and oxygen atoms in total. The van der Waals surface area contributed by atoms with Crippen molar-refractivity contribution in [3.05, 3.63) is 71.9 Å². The number of carboxylic acid groups (broad SMARTS) is 1. The molecule has 0 aliphatic carbocycles. The molecular formula is C22H22N2O2. The number of carbonyl (C=O) groups is 1. The standard InChI is InChI=1S/C22H22N2O2/c25-22(26)20-8-4-7-19-18(20)9-12-23-21(19)24-13-10-17(11-14-24)15-16-5-2-1-3-6-16/h1-9,12,17H,10-11,13-15H2,(H,25,26). The third-order valence-electron chi connectivity index (χ3n) is 5.30. The van der Waals surface area contributed by atoms with Crippen molar-refractivity contribution in [3.63, 3.8) is 0 Å². The van der Waals surface area contributed by atoms with E-state index < -0.39 is 5.97 Å². The minimum Gasteiger partial charge on any atom is -0.478 e. The molecule has 0 spiro atoms. The molecule has 1 aliphatic heterocycles. The molecule has 1 aromatic heterocycles. The van der Waals surface area contributed by atoms with Gasteiger partial charge in [-0.15, -0.1) is 0 Å². The van der Waals surface area contributed by atoms with Gasteiger partial charge < -0.3 is 10.0 Å². The summed E-state index contributed by atoms with van der Waals surface area (Å²) in [6.07, 6.45) is 5.11. The molecule has 3 aromatic rings. The fraction of sp³-hybridized carbons (Fsp3) is 0.273. The van der Waals surface area contributed by atoms with Crippen LogP contribution in [-0.2, 0) is 6.42 Å². The van der Waals surface area contributed by atoms with Gasteiger partial charge in [0.2, 0.25) is 0 Å². The van der Waals surface area contributed by atoms with Crippen molar-refractivity contribution in [2.24, 2.45) is 5.92 Å². The van der Waals surface area contributed by atoms with Crippen molar-refractivity contribution in [3.8, 4) is 0 Å². The first-order chi connectivity index (χ1) is 12.7. The second-order valence-corrected chi connectivity index (χ2v) is 6.96. The van der Waals surface area contributed by atoms with Crippen LogP contribution in [0.25, 0.3) is 10.8 Å². The first-order valence-corrected chi connectivity index (χ1v) is 9.12. The SMILES string of the molecule is O=C(O)c1cccc2c(N3CCC(Cc4ccccc4)CC3)nccc12. The van der Waals surface area contributed by atoms with Crippen molar-refractivity contribution in [2.75, 3.05) is 18.0 Å². The van der Waals surface area contributed by atoms with Crippen LogP contribution in [0.5, 0.6) is 0 Å². The Balaban J connectivity index is 1.53. The van der Waals surface area contributed by atoms with Gasteiger partial charge in [-0.2, -0.15) is 0 Å². The largest absolute Gasteiger partial charge is 0.478 e. The van der Waals surface area contributed by atoms with Gasteiger partial charge in [0.15, 0.2) is 0 Å². The zero-order valence-corrected chi connectivity index (χ0v) is 14.6. The topological polar surface area (TPSA) is 53.4 Å². The van der Waals surface area contributed by atoms with Gasteiger partial charge in [-0.1, -0.05) is 42.5 Å². The number of anilines is 1. The van der Waals surface area contributed by atoms with Crippen LogP contribution in [0.2, 0.25) is 0 Å². The lowest BCUT2D eigenvalue weighted by molar-refractivity contribution is 0.0699. The summed E-state index contributed by atoms with van der Waals surface area (Å²) < 4.78 is 0. The molecule has 2 heterocycles. The molecule has 1 fully saturated rings. The van der Waals surface area contributed by atoms with Crippen molar-refractivity contribution >= 4 is 22.6 Å². The van der Waals surface area contributed by atoms with Gasteiger partial charge in [-0.25, -0.2) is 9.78 Å². The van der Waals surface area contributed by atoms with E-state index in [-0.39, 0.29) is 0 Å². The van der Waals surface area contributed by atoms with Gasteiger partial charge in [0, 0.05) is 30.1 Å². The Hall–Kier alpha value is -2.88. The summed E-state index contributed by atoms with van der Waals surface area (Å²) in [4.78, 5) is 18.4. The Kier molecular flexibility index (Phi) is 4.57. The van der Waals surface area contributed by atoms with Crippen LogP contribution in [-0.4, -0.2) is 29.1 Å². The van der Waals surface area contributed by atoms with Crippen LogP contribution in [0.4, 0.5) is 5.82 Å². The summed E-state index contributed by atoms with van der Waals surface area (Å²) in [5.74, 6) is 0.705. The highest BCUT2D eigenvalue weighted by Gasteiger charge is 2.22. The number of pyridine rings is 1. The van der Waals surface area contributed by atoms with Crippen LogP contribution in [0.1, 0.15) is 28.8 Å². The van der Waals surface area contributed by atoms with Crippen molar-refractivity contribution < 1.29 is 9.90 Å². The quantitative estimate of drug-likeness (QED) is 0.761. The number of hydrogen-bond acceptors (Lipinski definition) is 3. The lowest BCUT2D eigenvalue weighted by atomic mass is 9.90. The third-order valence-corrected chi connectivity index (χ3v) is 5.30. The van der Waals surface area contributed by atoms with Crippen molar-refractivity contribution in [1.29, 1.82) is 0 Å². The van der Waals surface area contributed by atoms with Gasteiger partial charge in [0.05, 0.1) is 5.56 Å². The molecule has 4 rings (SSSR count). The maximum atomic E-state index is 11.5. The molecule has 0 bridgehead atoms. The third kappa shape index (κ3) is 3.27. The van der Waals surface area contributed by atoms with E-state index >= 15 is 0 Å². The molecule has 4 heteroatoms. The fourth-order valence-corrected chi connectivity index (χ4v) is 3.93. The molecule has 0 unspecified atom stereocenters. The zero-order valence-electron chi connectivity index (χ0n) is 14.6. The molecular weight excluding hydrogens is 324 g/mol. The summed E-state index contributed by atoms with van der Waals surface area (Å²) in [5.41, 5.74) is 1.74. The minimum atomic E-state index is -0.894. The number of rotatable bonds is 4. The molecule has 1 saturated heterocycles. The summed E-state index contributed by atoms with van der Waals surface area (Å²) in [6, 6.07) is 17.9. The average Bonchev–Trinajstić information content (AvgIpc) is 2.68. The van der Waals surface area contributed by atoms with Crippen LogP contribution < -0.4 is 4.90 Å². The zero-order chi connectivity index (χ0) is 17.9. The lowest BCUT2D eigenvalue weighted by Gasteiger charge is -2.33. The maximum Gasteiger partial charge on any atom is 0.336 e. The number of fused-ring (bicyclic) bond motifs is 1. The molecule has 1 aliphatic rings. The van der Waals surface area contributed by atoms with Crippen LogP contribution in [0.15, 0.2) is 60.8 Å². The van der Waals surface area contributed by atoms with Crippen LogP contribution in [0.3, 0.4) is 0 Å². The molecule has 1 N–H and O–H groups in total. The lowest BCUT2D eigenvalue weighted by Crippen LogP contribution is -2.35. The van der Waals surface area contributed by atoms with E-state index in [4.69, 9.17) is 0 Å². The van der Waals surface area contributed by atoms with Gasteiger partial charge in [-0.3, -0.25) is 0 Å². The number of aromatic nitrogens is 1. The Labute approximate surface area is 153 Å². The van der Waals surface area contributed by atoms with Crippen LogP contribution >= 0.6 is 0 Å². The summed E-state index contributed by atoms with van der Waals surface area (Å²) in [7, 11) is 0. The molecule has 0 radical (unpaired) electrons. The maximum absolute atomic E-state index is 11.5. The van der Waals surface area contributed by atoms with E-state index in [2.05, 4.69) is 40.2 Å². The number of carboxylic acids is 1. The van der Waals surface area contributed by atoms with Crippen molar-refractivity contribution in [1.82, 2.24) is 4.98 Å². The minimum absolute atomic E-state index is 0.338. The number of hydrogen-bond donors (Lipinski definition) is 1. The van der Waals surface area contributed by atoms with Crippen LogP contribution in [0, 0.1) is 5.92 Å². The Morgan fingerprint density at radius 2 is 1.77 bits per heavy atom. The molecule has 0 saturated carbocycles. The number of piperidine rings is 1. The highest BCUT2D eigenvalue weighted by atomic mass is 16.4. The van der Waals surface area contributed by atoms with E-state index in [0.29, 0.717) is 11.5 Å². The highest BCUT2D eigenvalue weighted by Crippen LogP contribution is 2.30. The second kappa shape index (κ2) is 7.16.